The van der Waals surface area contributed by atoms with Crippen molar-refractivity contribution in [1.29, 1.82) is 0 Å². The summed E-state index contributed by atoms with van der Waals surface area (Å²) < 4.78 is 5.18. The second-order valence-electron chi connectivity index (χ2n) is 4.69. The second kappa shape index (κ2) is 8.36. The monoisotopic (exact) mass is 314 g/mol. The van der Waals surface area contributed by atoms with Gasteiger partial charge in [-0.15, -0.1) is 0 Å². The first kappa shape index (κ1) is 17.1. The van der Waals surface area contributed by atoms with E-state index in [1.807, 2.05) is 0 Å². The van der Waals surface area contributed by atoms with Crippen molar-refractivity contribution >= 4 is 23.6 Å². The van der Waals surface area contributed by atoms with Crippen molar-refractivity contribution in [2.45, 2.75) is 19.9 Å². The molecule has 0 spiro atoms. The fraction of sp³-hybridized carbons (Fsp3) is 0.429. The number of nitrogens with one attached hydrogen (secondary N) is 2. The van der Waals surface area contributed by atoms with Gasteiger partial charge in [0.1, 0.15) is 5.75 Å². The van der Waals surface area contributed by atoms with Crippen molar-refractivity contribution in [3.8, 4) is 5.75 Å². The predicted octanol–water partition coefficient (Wildman–Crippen LogP) is 2.26. The summed E-state index contributed by atoms with van der Waals surface area (Å²) >= 11 is 6.06. The van der Waals surface area contributed by atoms with E-state index in [0.29, 0.717) is 16.3 Å². The molecule has 0 fully saturated rings. The smallest absolute Gasteiger partial charge is 0.315 e. The first-order valence-corrected chi connectivity index (χ1v) is 6.86. The van der Waals surface area contributed by atoms with Crippen LogP contribution in [-0.2, 0) is 11.3 Å². The van der Waals surface area contributed by atoms with E-state index in [1.165, 1.54) is 7.11 Å². The minimum absolute atomic E-state index is 0.0125. The van der Waals surface area contributed by atoms with Crippen LogP contribution in [0, 0.1) is 5.92 Å². The lowest BCUT2D eigenvalue weighted by Gasteiger charge is -2.13. The Labute approximate surface area is 128 Å². The number of carbonyl (C=O) groups is 2. The predicted molar refractivity (Wildman–Crippen MR) is 79.7 cm³/mol. The van der Waals surface area contributed by atoms with E-state index in [0.717, 1.165) is 0 Å². The van der Waals surface area contributed by atoms with E-state index in [4.69, 9.17) is 21.4 Å². The maximum atomic E-state index is 11.7. The average molecular weight is 315 g/mol. The number of carboxylic acids is 1. The molecule has 0 aliphatic carbocycles. The van der Waals surface area contributed by atoms with Crippen LogP contribution in [0.4, 0.5) is 4.79 Å². The Morgan fingerprint density at radius 2 is 2.10 bits per heavy atom. The number of urea groups is 1. The first-order chi connectivity index (χ1) is 9.93. The van der Waals surface area contributed by atoms with Gasteiger partial charge in [-0.1, -0.05) is 24.6 Å². The lowest BCUT2D eigenvalue weighted by atomic mass is 10.1. The Kier molecular flexibility index (Phi) is 6.81. The van der Waals surface area contributed by atoms with Gasteiger partial charge >= 0.3 is 12.0 Å². The zero-order chi connectivity index (χ0) is 15.8. The number of rotatable bonds is 7. The third-order valence-electron chi connectivity index (χ3n) is 2.86. The van der Waals surface area contributed by atoms with Crippen LogP contribution in [0.5, 0.6) is 5.75 Å². The van der Waals surface area contributed by atoms with Crippen molar-refractivity contribution < 1.29 is 19.4 Å². The van der Waals surface area contributed by atoms with Crippen molar-refractivity contribution in [2.24, 2.45) is 5.92 Å². The molecule has 1 unspecified atom stereocenters. The van der Waals surface area contributed by atoms with Gasteiger partial charge in [0.05, 0.1) is 7.11 Å². The number of carboxylic acid groups (broad SMARTS) is 1. The third-order valence-corrected chi connectivity index (χ3v) is 3.21. The standard InChI is InChI=1S/C14H19ClN2O4/c1-9(6-13(18)19)7-16-14(20)17-8-10-11(15)4-3-5-12(10)21-2/h3-5,9H,6-8H2,1-2H3,(H,18,19)(H2,16,17,20). The second-order valence-corrected chi connectivity index (χ2v) is 5.09. The van der Waals surface area contributed by atoms with Crippen molar-refractivity contribution in [1.82, 2.24) is 10.6 Å². The van der Waals surface area contributed by atoms with Crippen LogP contribution in [-0.4, -0.2) is 30.8 Å². The van der Waals surface area contributed by atoms with Gasteiger partial charge in [-0.25, -0.2) is 4.79 Å². The molecule has 0 aliphatic rings. The summed E-state index contributed by atoms with van der Waals surface area (Å²) in [6, 6.07) is 4.86. The molecule has 0 bridgehead atoms. The first-order valence-electron chi connectivity index (χ1n) is 6.49. The van der Waals surface area contributed by atoms with Crippen LogP contribution in [0.15, 0.2) is 18.2 Å². The molecule has 1 aromatic carbocycles. The van der Waals surface area contributed by atoms with Crippen LogP contribution in [0.25, 0.3) is 0 Å². The van der Waals surface area contributed by atoms with Crippen LogP contribution in [0.2, 0.25) is 5.02 Å². The van der Waals surface area contributed by atoms with Gasteiger partial charge in [-0.2, -0.15) is 0 Å². The van der Waals surface area contributed by atoms with Crippen LogP contribution >= 0.6 is 11.6 Å². The Morgan fingerprint density at radius 1 is 1.38 bits per heavy atom. The van der Waals surface area contributed by atoms with E-state index >= 15 is 0 Å². The van der Waals surface area contributed by atoms with E-state index in [1.54, 1.807) is 25.1 Å². The van der Waals surface area contributed by atoms with E-state index in [9.17, 15) is 9.59 Å². The highest BCUT2D eigenvalue weighted by Gasteiger charge is 2.11. The van der Waals surface area contributed by atoms with Crippen LogP contribution < -0.4 is 15.4 Å². The van der Waals surface area contributed by atoms with E-state index in [2.05, 4.69) is 10.6 Å². The molecule has 3 N–H and O–H groups in total. The average Bonchev–Trinajstić information content (AvgIpc) is 2.42. The van der Waals surface area contributed by atoms with Gasteiger partial charge in [0, 0.05) is 30.1 Å². The molecule has 1 rings (SSSR count). The minimum Gasteiger partial charge on any atom is -0.496 e. The number of amides is 2. The van der Waals surface area contributed by atoms with Gasteiger partial charge in [-0.3, -0.25) is 4.79 Å². The fourth-order valence-corrected chi connectivity index (χ4v) is 2.00. The zero-order valence-electron chi connectivity index (χ0n) is 12.0. The molecule has 7 heteroatoms. The number of carbonyl (C=O) groups excluding carboxylic acids is 1. The lowest BCUT2D eigenvalue weighted by Crippen LogP contribution is -2.37. The summed E-state index contributed by atoms with van der Waals surface area (Å²) in [6.45, 7) is 2.27. The largest absolute Gasteiger partial charge is 0.496 e. The highest BCUT2D eigenvalue weighted by molar-refractivity contribution is 6.31. The highest BCUT2D eigenvalue weighted by Crippen LogP contribution is 2.25. The van der Waals surface area contributed by atoms with Crippen molar-refractivity contribution in [2.75, 3.05) is 13.7 Å². The number of ether oxygens (including phenoxy) is 1. The summed E-state index contributed by atoms with van der Waals surface area (Å²) in [7, 11) is 1.53. The quantitative estimate of drug-likeness (QED) is 0.720. The van der Waals surface area contributed by atoms with E-state index < -0.39 is 5.97 Å². The summed E-state index contributed by atoms with van der Waals surface area (Å²) in [5, 5.41) is 14.4. The van der Waals surface area contributed by atoms with Gasteiger partial charge in [0.15, 0.2) is 0 Å². The summed E-state index contributed by atoms with van der Waals surface area (Å²) in [4.78, 5) is 22.2. The Balaban J connectivity index is 2.45. The SMILES string of the molecule is COc1cccc(Cl)c1CNC(=O)NCC(C)CC(=O)O. The normalized spacial score (nSPS) is 11.6. The molecular weight excluding hydrogens is 296 g/mol. The third kappa shape index (κ3) is 5.91. The number of aliphatic carboxylic acids is 1. The lowest BCUT2D eigenvalue weighted by molar-refractivity contribution is -0.137. The molecule has 116 valence electrons. The fourth-order valence-electron chi connectivity index (χ4n) is 1.77. The summed E-state index contributed by atoms with van der Waals surface area (Å²) in [5.74, 6) is -0.421. The minimum atomic E-state index is -0.884. The van der Waals surface area contributed by atoms with Crippen molar-refractivity contribution in [3.05, 3.63) is 28.8 Å². The number of hydrogen-bond acceptors (Lipinski definition) is 3. The number of methoxy groups -OCH3 is 1. The van der Waals surface area contributed by atoms with E-state index in [-0.39, 0.29) is 31.5 Å². The Hall–Kier alpha value is -1.95. The maximum absolute atomic E-state index is 11.7. The molecule has 0 radical (unpaired) electrons. The topological polar surface area (TPSA) is 87.7 Å². The molecule has 0 saturated heterocycles. The molecule has 0 aromatic heterocycles. The molecule has 1 atom stereocenters. The van der Waals surface area contributed by atoms with Gasteiger partial charge < -0.3 is 20.5 Å². The van der Waals surface area contributed by atoms with Crippen molar-refractivity contribution in [3.63, 3.8) is 0 Å². The molecule has 0 heterocycles. The zero-order valence-corrected chi connectivity index (χ0v) is 12.7. The molecule has 2 amide bonds. The highest BCUT2D eigenvalue weighted by atomic mass is 35.5. The number of benzene rings is 1. The summed E-state index contributed by atoms with van der Waals surface area (Å²) in [6.07, 6.45) is 0.0125. The Morgan fingerprint density at radius 3 is 2.71 bits per heavy atom. The summed E-state index contributed by atoms with van der Waals surface area (Å²) in [5.41, 5.74) is 0.690. The molecule has 6 nitrogen and oxygen atoms in total. The molecular formula is C14H19ClN2O4. The van der Waals surface area contributed by atoms with Gasteiger partial charge in [0.25, 0.3) is 0 Å². The molecule has 0 saturated carbocycles. The van der Waals surface area contributed by atoms with Crippen LogP contribution in [0.3, 0.4) is 0 Å². The molecule has 21 heavy (non-hydrogen) atoms. The number of halogens is 1. The maximum Gasteiger partial charge on any atom is 0.315 e. The Bertz CT molecular complexity index is 508. The van der Waals surface area contributed by atoms with Gasteiger partial charge in [-0.05, 0) is 18.1 Å². The molecule has 0 aliphatic heterocycles. The number of hydrogen-bond donors (Lipinski definition) is 3. The van der Waals surface area contributed by atoms with Gasteiger partial charge in [0.2, 0.25) is 0 Å². The molecule has 1 aromatic rings. The van der Waals surface area contributed by atoms with Crippen LogP contribution in [0.1, 0.15) is 18.9 Å².